The first kappa shape index (κ1) is 33.5. The first-order chi connectivity index (χ1) is 22.0. The van der Waals surface area contributed by atoms with E-state index in [4.69, 9.17) is 9.47 Å². The molecule has 0 bridgehead atoms. The number of nitrogens with one attached hydrogen (secondary N) is 1. The van der Waals surface area contributed by atoms with Crippen molar-refractivity contribution in [2.45, 2.75) is 51.9 Å². The van der Waals surface area contributed by atoms with Crippen LogP contribution in [0.5, 0.6) is 5.88 Å². The predicted octanol–water partition coefficient (Wildman–Crippen LogP) is 4.33. The van der Waals surface area contributed by atoms with Crippen LogP contribution in [0.2, 0.25) is 0 Å². The van der Waals surface area contributed by atoms with Gasteiger partial charge in [-0.15, -0.1) is 0 Å². The fourth-order valence-corrected chi connectivity index (χ4v) is 6.55. The number of methoxy groups -OCH3 is 1. The van der Waals surface area contributed by atoms with E-state index in [1.54, 1.807) is 13.1 Å². The van der Waals surface area contributed by atoms with Crippen LogP contribution in [-0.2, 0) is 22.3 Å². The zero-order valence-electron chi connectivity index (χ0n) is 26.0. The molecule has 0 aromatic carbocycles. The maximum atomic E-state index is 13.8. The molecule has 12 nitrogen and oxygen atoms in total. The summed E-state index contributed by atoms with van der Waals surface area (Å²) in [4.78, 5) is 49.2. The van der Waals surface area contributed by atoms with Crippen molar-refractivity contribution < 1.29 is 32.2 Å². The maximum Gasteiger partial charge on any atom is 0.421 e. The minimum absolute atomic E-state index is 0.0776. The van der Waals surface area contributed by atoms with Crippen LogP contribution in [0.1, 0.15) is 54.0 Å². The highest BCUT2D eigenvalue weighted by atomic mass is 32.1. The summed E-state index contributed by atoms with van der Waals surface area (Å²) >= 11 is 1.21. The van der Waals surface area contributed by atoms with Crippen molar-refractivity contribution >= 4 is 34.2 Å². The quantitative estimate of drug-likeness (QED) is 0.295. The Bertz CT molecular complexity index is 1510. The average molecular weight is 663 g/mol. The summed E-state index contributed by atoms with van der Waals surface area (Å²) in [6, 6.07) is 1.29. The van der Waals surface area contributed by atoms with E-state index < -0.39 is 23.5 Å². The van der Waals surface area contributed by atoms with Crippen LogP contribution >= 0.6 is 11.3 Å². The summed E-state index contributed by atoms with van der Waals surface area (Å²) < 4.78 is 51.2. The monoisotopic (exact) mass is 662 g/mol. The zero-order chi connectivity index (χ0) is 32.8. The molecule has 5 heterocycles. The number of hydrogen-bond acceptors (Lipinski definition) is 12. The molecule has 46 heavy (non-hydrogen) atoms. The van der Waals surface area contributed by atoms with E-state index in [2.05, 4.69) is 46.9 Å². The molecule has 0 aliphatic carbocycles. The summed E-state index contributed by atoms with van der Waals surface area (Å²) in [6.45, 7) is 9.13. The van der Waals surface area contributed by atoms with Gasteiger partial charge in [0.2, 0.25) is 5.88 Å². The fraction of sp³-hybridized carbons (Fsp3) is 0.533. The molecular formula is C30H37F3N8O4S. The van der Waals surface area contributed by atoms with Gasteiger partial charge < -0.3 is 14.4 Å². The largest absolute Gasteiger partial charge is 0.481 e. The van der Waals surface area contributed by atoms with Crippen LogP contribution in [0.3, 0.4) is 0 Å². The molecule has 3 aromatic rings. The van der Waals surface area contributed by atoms with Gasteiger partial charge in [-0.25, -0.2) is 19.9 Å². The third-order valence-electron chi connectivity index (χ3n) is 8.08. The molecule has 5 rings (SSSR count). The number of piperazine rings is 1. The van der Waals surface area contributed by atoms with Gasteiger partial charge in [0.05, 0.1) is 38.2 Å². The lowest BCUT2D eigenvalue weighted by Crippen LogP contribution is -2.47. The number of halogens is 3. The smallest absolute Gasteiger partial charge is 0.421 e. The molecule has 1 amide bonds. The highest BCUT2D eigenvalue weighted by Gasteiger charge is 2.36. The van der Waals surface area contributed by atoms with E-state index in [0.717, 1.165) is 45.7 Å². The lowest BCUT2D eigenvalue weighted by molar-refractivity contribution is -0.143. The molecule has 2 saturated heterocycles. The van der Waals surface area contributed by atoms with Crippen molar-refractivity contribution in [2.24, 2.45) is 0 Å². The van der Waals surface area contributed by atoms with E-state index in [-0.39, 0.29) is 22.4 Å². The lowest BCUT2D eigenvalue weighted by atomic mass is 10.1. The summed E-state index contributed by atoms with van der Waals surface area (Å²) in [6.07, 6.45) is 1.97. The molecule has 1 atom stereocenters. The number of rotatable bonds is 11. The highest BCUT2D eigenvalue weighted by Crippen LogP contribution is 2.40. The predicted molar refractivity (Wildman–Crippen MR) is 166 cm³/mol. The number of ether oxygens (including phenoxy) is 2. The Labute approximate surface area is 268 Å². The second kappa shape index (κ2) is 14.7. The molecular weight excluding hydrogens is 625 g/mol. The van der Waals surface area contributed by atoms with Crippen molar-refractivity contribution in [1.82, 2.24) is 29.7 Å². The van der Waals surface area contributed by atoms with Crippen LogP contribution in [0, 0.1) is 0 Å². The third-order valence-corrected chi connectivity index (χ3v) is 9.04. The Kier molecular flexibility index (Phi) is 10.7. The number of carbonyl (C=O) groups excluding carboxylic acids is 2. The number of hydrogen-bond donors (Lipinski definition) is 1. The fourth-order valence-electron chi connectivity index (χ4n) is 5.54. The molecule has 2 aliphatic heterocycles. The van der Waals surface area contributed by atoms with Crippen molar-refractivity contribution in [3.8, 4) is 17.1 Å². The van der Waals surface area contributed by atoms with Gasteiger partial charge in [0.25, 0.3) is 5.91 Å². The second-order valence-electron chi connectivity index (χ2n) is 11.1. The van der Waals surface area contributed by atoms with E-state index in [9.17, 15) is 22.8 Å². The Morgan fingerprint density at radius 2 is 1.87 bits per heavy atom. The number of esters is 1. The lowest BCUT2D eigenvalue weighted by Gasteiger charge is -2.35. The number of anilines is 2. The Morgan fingerprint density at radius 3 is 2.50 bits per heavy atom. The molecule has 0 radical (unpaired) electrons. The standard InChI is InChI=1S/C30H37F3N8O4S/c1-4-45-25(42)7-9-39-10-12-40(13-11-39)24-17-34-22(16-35-24)27(43)38-29-37-26(23(46-29)18-41-8-5-6-19(41)2)20-14-21(30(31,32)33)28(44-3)36-15-20/h14-17,19H,4-13,18H2,1-3H3,(H,37,38,43)/t19-/m1/s1. The Hall–Kier alpha value is -3.89. The van der Waals surface area contributed by atoms with Gasteiger partial charge in [0.15, 0.2) is 5.13 Å². The number of likely N-dealkylation sites (tertiary alicyclic amines) is 1. The number of aromatic nitrogens is 4. The Morgan fingerprint density at radius 1 is 1.09 bits per heavy atom. The number of nitrogens with zero attached hydrogens (tertiary/aromatic N) is 7. The molecule has 2 fully saturated rings. The minimum atomic E-state index is -4.67. The van der Waals surface area contributed by atoms with E-state index in [0.29, 0.717) is 61.6 Å². The molecule has 2 aliphatic rings. The number of thiazole rings is 1. The van der Waals surface area contributed by atoms with Crippen LogP contribution < -0.4 is 15.0 Å². The average Bonchev–Trinajstić information content (AvgIpc) is 3.64. The zero-order valence-corrected chi connectivity index (χ0v) is 26.8. The summed E-state index contributed by atoms with van der Waals surface area (Å²) in [5.74, 6) is -0.627. The number of alkyl halides is 3. The number of pyridine rings is 1. The van der Waals surface area contributed by atoms with E-state index in [1.807, 2.05) is 0 Å². The normalized spacial score (nSPS) is 17.7. The van der Waals surface area contributed by atoms with Crippen LogP contribution in [-0.4, -0.2) is 101 Å². The molecule has 0 unspecified atom stereocenters. The Balaban J connectivity index is 1.28. The summed E-state index contributed by atoms with van der Waals surface area (Å²) in [5.41, 5.74) is -0.423. The van der Waals surface area contributed by atoms with Crippen molar-refractivity contribution in [3.05, 3.63) is 40.8 Å². The molecule has 1 N–H and O–H groups in total. The summed E-state index contributed by atoms with van der Waals surface area (Å²) in [5, 5.41) is 2.98. The van der Waals surface area contributed by atoms with E-state index in [1.165, 1.54) is 23.7 Å². The van der Waals surface area contributed by atoms with Crippen molar-refractivity contribution in [2.75, 3.05) is 63.2 Å². The van der Waals surface area contributed by atoms with Crippen LogP contribution in [0.4, 0.5) is 24.1 Å². The maximum absolute atomic E-state index is 13.8. The highest BCUT2D eigenvalue weighted by molar-refractivity contribution is 7.16. The SMILES string of the molecule is CCOC(=O)CCN1CCN(c2cnc(C(=O)Nc3nc(-c4cnc(OC)c(C(F)(F)F)c4)c(CN4CCC[C@H]4C)s3)cn2)CC1. The minimum Gasteiger partial charge on any atom is -0.481 e. The van der Waals surface area contributed by atoms with Crippen molar-refractivity contribution in [3.63, 3.8) is 0 Å². The van der Waals surface area contributed by atoms with Gasteiger partial charge in [0.1, 0.15) is 17.1 Å². The van der Waals surface area contributed by atoms with Crippen LogP contribution in [0.15, 0.2) is 24.7 Å². The van der Waals surface area contributed by atoms with Gasteiger partial charge in [-0.2, -0.15) is 13.2 Å². The van der Waals surface area contributed by atoms with Crippen LogP contribution in [0.25, 0.3) is 11.3 Å². The molecule has 0 spiro atoms. The second-order valence-corrected chi connectivity index (χ2v) is 12.2. The van der Waals surface area contributed by atoms with Gasteiger partial charge in [-0.3, -0.25) is 24.7 Å². The van der Waals surface area contributed by atoms with Gasteiger partial charge in [-0.05, 0) is 39.3 Å². The number of carbonyl (C=O) groups is 2. The molecule has 0 saturated carbocycles. The molecule has 248 valence electrons. The van der Waals surface area contributed by atoms with E-state index >= 15 is 0 Å². The van der Waals surface area contributed by atoms with Gasteiger partial charge in [-0.1, -0.05) is 11.3 Å². The third kappa shape index (κ3) is 8.09. The summed E-state index contributed by atoms with van der Waals surface area (Å²) in [7, 11) is 1.14. The number of amides is 1. The first-order valence-electron chi connectivity index (χ1n) is 15.2. The van der Waals surface area contributed by atoms with Gasteiger partial charge in [0, 0.05) is 61.9 Å². The van der Waals surface area contributed by atoms with Crippen molar-refractivity contribution in [1.29, 1.82) is 0 Å². The first-order valence-corrected chi connectivity index (χ1v) is 16.0. The molecule has 16 heteroatoms. The molecule has 3 aromatic heterocycles. The topological polar surface area (TPSA) is 126 Å². The van der Waals surface area contributed by atoms with Gasteiger partial charge >= 0.3 is 12.1 Å².